The van der Waals surface area contributed by atoms with Gasteiger partial charge in [0, 0.05) is 32.7 Å². The third kappa shape index (κ3) is 4.74. The van der Waals surface area contributed by atoms with Gasteiger partial charge in [0.2, 0.25) is 5.96 Å². The number of hydrogen-bond acceptors (Lipinski definition) is 4. The Labute approximate surface area is 125 Å². The number of rotatable bonds is 4. The minimum absolute atomic E-state index is 0.182. The van der Waals surface area contributed by atoms with Crippen LogP contribution in [-0.4, -0.2) is 60.2 Å². The van der Waals surface area contributed by atoms with Crippen molar-refractivity contribution in [3.05, 3.63) is 35.9 Å². The molecule has 1 radical (unpaired) electrons. The summed E-state index contributed by atoms with van der Waals surface area (Å²) in [6.45, 7) is 4.74. The average molecular weight is 286 g/mol. The molecule has 0 bridgehead atoms. The minimum atomic E-state index is 0.182. The molecule has 1 aliphatic heterocycles. The normalized spacial score (nSPS) is 16.6. The van der Waals surface area contributed by atoms with Crippen LogP contribution < -0.4 is 5.32 Å². The first-order valence-electron chi connectivity index (χ1n) is 7.06. The number of aliphatic imine (C=N–C) groups is 1. The highest BCUT2D eigenvalue weighted by Crippen LogP contribution is 2.04. The summed E-state index contributed by atoms with van der Waals surface area (Å²) in [5, 5.41) is 20.5. The van der Waals surface area contributed by atoms with Crippen LogP contribution in [0.1, 0.15) is 5.56 Å². The lowest BCUT2D eigenvalue weighted by atomic mass is 10.2. The fourth-order valence-electron chi connectivity index (χ4n) is 2.29. The fraction of sp³-hybridized carbons (Fsp3) is 0.467. The lowest BCUT2D eigenvalue weighted by Gasteiger charge is -2.35. The van der Waals surface area contributed by atoms with E-state index >= 15 is 0 Å². The van der Waals surface area contributed by atoms with Crippen LogP contribution in [0.15, 0.2) is 29.3 Å². The molecule has 6 heteroatoms. The molecule has 2 N–H and O–H groups in total. The van der Waals surface area contributed by atoms with Gasteiger partial charge in [0.15, 0.2) is 6.19 Å². The van der Waals surface area contributed by atoms with Crippen molar-refractivity contribution < 1.29 is 5.11 Å². The van der Waals surface area contributed by atoms with E-state index in [1.807, 2.05) is 30.5 Å². The summed E-state index contributed by atoms with van der Waals surface area (Å²) in [5.41, 5.74) is 1.06. The second-order valence-corrected chi connectivity index (χ2v) is 4.84. The van der Waals surface area contributed by atoms with E-state index in [9.17, 15) is 0 Å². The maximum Gasteiger partial charge on any atom is 0.207 e. The zero-order chi connectivity index (χ0) is 14.9. The van der Waals surface area contributed by atoms with E-state index < -0.39 is 0 Å². The van der Waals surface area contributed by atoms with E-state index in [-0.39, 0.29) is 6.61 Å². The molecular weight excluding hydrogens is 266 g/mol. The highest BCUT2D eigenvalue weighted by Gasteiger charge is 2.19. The highest BCUT2D eigenvalue weighted by atomic mass is 16.3. The second kappa shape index (κ2) is 8.25. The molecule has 1 aromatic rings. The monoisotopic (exact) mass is 286 g/mol. The number of guanidine groups is 1. The number of aliphatic hydroxyl groups is 1. The Bertz CT molecular complexity index is 489. The first-order chi connectivity index (χ1) is 10.3. The summed E-state index contributed by atoms with van der Waals surface area (Å²) in [5.74, 6) is 0.616. The van der Waals surface area contributed by atoms with Gasteiger partial charge in [-0.05, 0) is 17.7 Å². The molecular formula is C15H20N5O. The molecule has 1 heterocycles. The van der Waals surface area contributed by atoms with E-state index in [1.54, 1.807) is 0 Å². The SMILES string of the molecule is N#CNC(=NCc1c[c]ccc1)N1CCN(CCO)CC1. The molecule has 1 aromatic carbocycles. The minimum Gasteiger partial charge on any atom is -0.395 e. The first kappa shape index (κ1) is 15.3. The summed E-state index contributed by atoms with van der Waals surface area (Å²) in [7, 11) is 0. The van der Waals surface area contributed by atoms with Gasteiger partial charge in [-0.2, -0.15) is 5.26 Å². The third-order valence-corrected chi connectivity index (χ3v) is 3.44. The van der Waals surface area contributed by atoms with Crippen LogP contribution in [0.2, 0.25) is 0 Å². The van der Waals surface area contributed by atoms with Crippen molar-refractivity contribution >= 4 is 5.96 Å². The van der Waals surface area contributed by atoms with Crippen molar-refractivity contribution in [3.63, 3.8) is 0 Å². The van der Waals surface area contributed by atoms with Crippen molar-refractivity contribution in [3.8, 4) is 6.19 Å². The molecule has 0 aromatic heterocycles. The lowest BCUT2D eigenvalue weighted by molar-refractivity contribution is 0.146. The molecule has 0 aliphatic carbocycles. The Hall–Kier alpha value is -2.10. The second-order valence-electron chi connectivity index (χ2n) is 4.84. The smallest absolute Gasteiger partial charge is 0.207 e. The van der Waals surface area contributed by atoms with Crippen molar-refractivity contribution in [2.75, 3.05) is 39.3 Å². The van der Waals surface area contributed by atoms with Crippen LogP contribution in [0.25, 0.3) is 0 Å². The maximum absolute atomic E-state index is 8.95. The van der Waals surface area contributed by atoms with Crippen LogP contribution in [0.5, 0.6) is 0 Å². The molecule has 0 amide bonds. The van der Waals surface area contributed by atoms with Gasteiger partial charge in [-0.15, -0.1) is 0 Å². The van der Waals surface area contributed by atoms with E-state index in [1.165, 1.54) is 0 Å². The number of hydrogen-bond donors (Lipinski definition) is 2. The van der Waals surface area contributed by atoms with Crippen LogP contribution in [-0.2, 0) is 6.54 Å². The predicted molar refractivity (Wildman–Crippen MR) is 80.3 cm³/mol. The quantitative estimate of drug-likeness (QED) is 0.353. The molecule has 1 aliphatic rings. The third-order valence-electron chi connectivity index (χ3n) is 3.44. The molecule has 0 saturated carbocycles. The van der Waals surface area contributed by atoms with Crippen LogP contribution in [0.4, 0.5) is 0 Å². The molecule has 111 valence electrons. The van der Waals surface area contributed by atoms with Crippen molar-refractivity contribution in [1.29, 1.82) is 5.26 Å². The largest absolute Gasteiger partial charge is 0.395 e. The van der Waals surface area contributed by atoms with E-state index in [2.05, 4.69) is 26.2 Å². The number of nitrogens with zero attached hydrogens (tertiary/aromatic N) is 4. The lowest BCUT2D eigenvalue weighted by Crippen LogP contribution is -2.52. The van der Waals surface area contributed by atoms with Crippen LogP contribution in [0, 0.1) is 17.5 Å². The Morgan fingerprint density at radius 2 is 2.24 bits per heavy atom. The Morgan fingerprint density at radius 3 is 2.86 bits per heavy atom. The van der Waals surface area contributed by atoms with Crippen molar-refractivity contribution in [2.24, 2.45) is 4.99 Å². The summed E-state index contributed by atoms with van der Waals surface area (Å²) in [6, 6.07) is 10.7. The molecule has 0 atom stereocenters. The van der Waals surface area contributed by atoms with Gasteiger partial charge >= 0.3 is 0 Å². The molecule has 2 rings (SSSR count). The summed E-state index contributed by atoms with van der Waals surface area (Å²) >= 11 is 0. The maximum atomic E-state index is 8.95. The number of β-amino-alcohol motifs (C(OH)–C–C–N with tert-alkyl or cyclic N) is 1. The van der Waals surface area contributed by atoms with Crippen molar-refractivity contribution in [1.82, 2.24) is 15.1 Å². The number of aliphatic hydroxyl groups excluding tert-OH is 1. The van der Waals surface area contributed by atoms with Crippen LogP contribution in [0.3, 0.4) is 0 Å². The molecule has 1 saturated heterocycles. The fourth-order valence-corrected chi connectivity index (χ4v) is 2.29. The summed E-state index contributed by atoms with van der Waals surface area (Å²) in [4.78, 5) is 8.77. The Balaban J connectivity index is 1.94. The van der Waals surface area contributed by atoms with Gasteiger partial charge in [0.1, 0.15) is 0 Å². The number of benzene rings is 1. The summed E-state index contributed by atoms with van der Waals surface area (Å²) < 4.78 is 0. The predicted octanol–water partition coefficient (Wildman–Crippen LogP) is 0.0234. The van der Waals surface area contributed by atoms with E-state index in [4.69, 9.17) is 10.4 Å². The van der Waals surface area contributed by atoms with Gasteiger partial charge in [-0.25, -0.2) is 4.99 Å². The topological polar surface area (TPSA) is 74.9 Å². The Kier molecular flexibility index (Phi) is 6.00. The number of piperazine rings is 1. The van der Waals surface area contributed by atoms with Gasteiger partial charge in [0.25, 0.3) is 0 Å². The van der Waals surface area contributed by atoms with Gasteiger partial charge in [-0.3, -0.25) is 10.2 Å². The number of nitriles is 1. The number of nitrogens with one attached hydrogen (secondary N) is 1. The zero-order valence-corrected chi connectivity index (χ0v) is 12.0. The highest BCUT2D eigenvalue weighted by molar-refractivity contribution is 5.81. The Morgan fingerprint density at radius 1 is 1.43 bits per heavy atom. The standard InChI is InChI=1S/C15H20N5O/c16-13-18-15(17-12-14-4-2-1-3-5-14)20-8-6-19(7-9-20)10-11-21/h1-2,4-5,21H,6-12H2,(H,17,18). The molecule has 1 fully saturated rings. The molecule has 0 spiro atoms. The zero-order valence-electron chi connectivity index (χ0n) is 12.0. The van der Waals surface area contributed by atoms with E-state index in [0.717, 1.165) is 31.7 Å². The van der Waals surface area contributed by atoms with Gasteiger partial charge < -0.3 is 10.0 Å². The molecule has 21 heavy (non-hydrogen) atoms. The molecule has 6 nitrogen and oxygen atoms in total. The molecule has 0 unspecified atom stereocenters. The van der Waals surface area contributed by atoms with Crippen molar-refractivity contribution in [2.45, 2.75) is 6.54 Å². The van der Waals surface area contributed by atoms with Gasteiger partial charge in [0.05, 0.1) is 13.2 Å². The van der Waals surface area contributed by atoms with E-state index in [0.29, 0.717) is 19.0 Å². The van der Waals surface area contributed by atoms with Crippen LogP contribution >= 0.6 is 0 Å². The first-order valence-corrected chi connectivity index (χ1v) is 7.06. The average Bonchev–Trinajstić information content (AvgIpc) is 2.54. The van der Waals surface area contributed by atoms with Gasteiger partial charge in [-0.1, -0.05) is 18.2 Å². The summed E-state index contributed by atoms with van der Waals surface area (Å²) in [6.07, 6.45) is 1.95.